The van der Waals surface area contributed by atoms with Crippen LogP contribution >= 0.6 is 0 Å². The number of ether oxygens (including phenoxy) is 1. The van der Waals surface area contributed by atoms with Crippen LogP contribution in [0.4, 0.5) is 0 Å². The van der Waals surface area contributed by atoms with Gasteiger partial charge in [-0.2, -0.15) is 5.10 Å². The molecule has 33 heavy (non-hydrogen) atoms. The molecular weight excluding hydrogens is 416 g/mol. The molecular formula is C26H32N4O3. The number of carbonyl (C=O) groups excluding carboxylic acids is 2. The lowest BCUT2D eigenvalue weighted by atomic mass is 9.91. The molecule has 2 N–H and O–H groups in total. The van der Waals surface area contributed by atoms with Crippen LogP contribution in [-0.4, -0.2) is 52.1 Å². The van der Waals surface area contributed by atoms with Gasteiger partial charge in [-0.15, -0.1) is 0 Å². The fourth-order valence-corrected chi connectivity index (χ4v) is 4.59. The largest absolute Gasteiger partial charge is 0.484 e. The second-order valence-electron chi connectivity index (χ2n) is 9.32. The highest BCUT2D eigenvalue weighted by Gasteiger charge is 2.34. The SMILES string of the molecule is CC(C)(NC(=O)COc1ccccc1)C(=O)N1CCCC(Cc2cccc3[nH]ncc23)CC1. The smallest absolute Gasteiger partial charge is 0.258 e. The molecule has 7 nitrogen and oxygen atoms in total. The van der Waals surface area contributed by atoms with E-state index >= 15 is 0 Å². The highest BCUT2D eigenvalue weighted by atomic mass is 16.5. The highest BCUT2D eigenvalue weighted by Crippen LogP contribution is 2.26. The summed E-state index contributed by atoms with van der Waals surface area (Å²) in [6.45, 7) is 4.81. The number of nitrogens with zero attached hydrogens (tertiary/aromatic N) is 2. The van der Waals surface area contributed by atoms with Gasteiger partial charge in [0.05, 0.1) is 11.7 Å². The lowest BCUT2D eigenvalue weighted by Crippen LogP contribution is -2.57. The van der Waals surface area contributed by atoms with Gasteiger partial charge in [-0.05, 0) is 69.2 Å². The van der Waals surface area contributed by atoms with Crippen LogP contribution in [-0.2, 0) is 16.0 Å². The van der Waals surface area contributed by atoms with Gasteiger partial charge in [0.15, 0.2) is 6.61 Å². The summed E-state index contributed by atoms with van der Waals surface area (Å²) in [6.07, 6.45) is 5.86. The van der Waals surface area contributed by atoms with E-state index in [1.807, 2.05) is 35.4 Å². The van der Waals surface area contributed by atoms with Crippen LogP contribution in [0.2, 0.25) is 0 Å². The van der Waals surface area contributed by atoms with Crippen molar-refractivity contribution in [2.24, 2.45) is 5.92 Å². The quantitative estimate of drug-likeness (QED) is 0.577. The van der Waals surface area contributed by atoms with Gasteiger partial charge < -0.3 is 15.0 Å². The molecule has 2 aromatic carbocycles. The first-order valence-electron chi connectivity index (χ1n) is 11.6. The Balaban J connectivity index is 1.30. The minimum Gasteiger partial charge on any atom is -0.484 e. The van der Waals surface area contributed by atoms with Crippen molar-refractivity contribution in [3.63, 3.8) is 0 Å². The molecule has 0 radical (unpaired) electrons. The van der Waals surface area contributed by atoms with E-state index in [2.05, 4.69) is 27.6 Å². The lowest BCUT2D eigenvalue weighted by molar-refractivity contribution is -0.140. The van der Waals surface area contributed by atoms with E-state index in [9.17, 15) is 9.59 Å². The van der Waals surface area contributed by atoms with Gasteiger partial charge in [-0.25, -0.2) is 0 Å². The van der Waals surface area contributed by atoms with Gasteiger partial charge in [0.2, 0.25) is 5.91 Å². The van der Waals surface area contributed by atoms with Gasteiger partial charge in [-0.1, -0.05) is 30.3 Å². The van der Waals surface area contributed by atoms with Crippen LogP contribution in [0.1, 0.15) is 38.7 Å². The molecule has 1 aliphatic heterocycles. The summed E-state index contributed by atoms with van der Waals surface area (Å²) in [5.41, 5.74) is 1.38. The summed E-state index contributed by atoms with van der Waals surface area (Å²) in [4.78, 5) is 27.6. The molecule has 3 aromatic rings. The Hall–Kier alpha value is -3.35. The van der Waals surface area contributed by atoms with Crippen LogP contribution in [0.3, 0.4) is 0 Å². The highest BCUT2D eigenvalue weighted by molar-refractivity contribution is 5.91. The van der Waals surface area contributed by atoms with E-state index in [0.717, 1.165) is 31.2 Å². The van der Waals surface area contributed by atoms with E-state index < -0.39 is 5.54 Å². The number of rotatable bonds is 7. The molecule has 1 atom stereocenters. The number of H-pyrrole nitrogens is 1. The molecule has 1 aromatic heterocycles. The summed E-state index contributed by atoms with van der Waals surface area (Å²) in [6, 6.07) is 15.5. The van der Waals surface area contributed by atoms with Gasteiger partial charge in [0, 0.05) is 18.5 Å². The third kappa shape index (κ3) is 5.72. The van der Waals surface area contributed by atoms with Crippen LogP contribution < -0.4 is 10.1 Å². The molecule has 1 aliphatic rings. The summed E-state index contributed by atoms with van der Waals surface area (Å²) >= 11 is 0. The van der Waals surface area contributed by atoms with E-state index in [4.69, 9.17) is 4.74 Å². The summed E-state index contributed by atoms with van der Waals surface area (Å²) in [5, 5.41) is 11.2. The Morgan fingerprint density at radius 3 is 2.76 bits per heavy atom. The zero-order chi connectivity index (χ0) is 23.3. The minimum atomic E-state index is -0.987. The van der Waals surface area contributed by atoms with Gasteiger partial charge in [0.25, 0.3) is 5.91 Å². The molecule has 0 bridgehead atoms. The molecule has 174 valence electrons. The summed E-state index contributed by atoms with van der Waals surface area (Å²) in [7, 11) is 0. The zero-order valence-electron chi connectivity index (χ0n) is 19.3. The monoisotopic (exact) mass is 448 g/mol. The second kappa shape index (κ2) is 10.1. The molecule has 0 aliphatic carbocycles. The molecule has 4 rings (SSSR count). The van der Waals surface area contributed by atoms with Gasteiger partial charge in [-0.3, -0.25) is 14.7 Å². The van der Waals surface area contributed by atoms with Crippen molar-refractivity contribution in [2.45, 2.75) is 45.1 Å². The van der Waals surface area contributed by atoms with E-state index in [-0.39, 0.29) is 18.4 Å². The number of likely N-dealkylation sites (tertiary alicyclic amines) is 1. The predicted molar refractivity (Wildman–Crippen MR) is 128 cm³/mol. The minimum absolute atomic E-state index is 0.0480. The molecule has 2 amide bonds. The molecule has 0 spiro atoms. The number of hydrogen-bond donors (Lipinski definition) is 2. The second-order valence-corrected chi connectivity index (χ2v) is 9.32. The number of hydrogen-bond acceptors (Lipinski definition) is 4. The van der Waals surface area contributed by atoms with E-state index in [1.54, 1.807) is 26.0 Å². The van der Waals surface area contributed by atoms with Crippen molar-refractivity contribution < 1.29 is 14.3 Å². The van der Waals surface area contributed by atoms with Crippen LogP contribution in [0.15, 0.2) is 54.7 Å². The van der Waals surface area contributed by atoms with Crippen molar-refractivity contribution in [3.8, 4) is 5.75 Å². The van der Waals surface area contributed by atoms with Crippen LogP contribution in [0.25, 0.3) is 10.9 Å². The number of aromatic nitrogens is 2. The predicted octanol–water partition coefficient (Wildman–Crippen LogP) is 3.71. The fraction of sp³-hybridized carbons (Fsp3) is 0.423. The van der Waals surface area contributed by atoms with E-state index in [0.29, 0.717) is 24.8 Å². The van der Waals surface area contributed by atoms with Crippen molar-refractivity contribution >= 4 is 22.7 Å². The zero-order valence-corrected chi connectivity index (χ0v) is 19.3. The fourth-order valence-electron chi connectivity index (χ4n) is 4.59. The average Bonchev–Trinajstić information content (AvgIpc) is 3.18. The molecule has 2 heterocycles. The molecule has 1 saturated heterocycles. The third-order valence-electron chi connectivity index (χ3n) is 6.32. The maximum Gasteiger partial charge on any atom is 0.258 e. The van der Waals surface area contributed by atoms with Crippen LogP contribution in [0.5, 0.6) is 5.75 Å². The number of carbonyl (C=O) groups is 2. The number of amides is 2. The van der Waals surface area contributed by atoms with Crippen molar-refractivity contribution in [1.82, 2.24) is 20.4 Å². The first-order valence-corrected chi connectivity index (χ1v) is 11.6. The van der Waals surface area contributed by atoms with Gasteiger partial charge >= 0.3 is 0 Å². The summed E-state index contributed by atoms with van der Waals surface area (Å²) < 4.78 is 5.51. The molecule has 1 fully saturated rings. The average molecular weight is 449 g/mol. The molecule has 1 unspecified atom stereocenters. The standard InChI is InChI=1S/C26H32N4O3/c1-26(2,28-24(31)18-33-21-10-4-3-5-11-21)25(32)30-14-7-8-19(13-15-30)16-20-9-6-12-23-22(20)17-27-29-23/h3-6,9-12,17,19H,7-8,13-16,18H2,1-2H3,(H,27,29)(H,28,31). The third-order valence-corrected chi connectivity index (χ3v) is 6.32. The van der Waals surface area contributed by atoms with Gasteiger partial charge in [0.1, 0.15) is 11.3 Å². The number of aromatic amines is 1. The topological polar surface area (TPSA) is 87.3 Å². The normalized spacial score (nSPS) is 16.9. The maximum atomic E-state index is 13.2. The Kier molecular flexibility index (Phi) is 6.96. The number of nitrogens with one attached hydrogen (secondary N) is 2. The Morgan fingerprint density at radius 1 is 1.12 bits per heavy atom. The lowest BCUT2D eigenvalue weighted by Gasteiger charge is -2.32. The van der Waals surface area contributed by atoms with Crippen molar-refractivity contribution in [3.05, 3.63) is 60.3 Å². The summed E-state index contributed by atoms with van der Waals surface area (Å²) in [5.74, 6) is 0.785. The number of fused-ring (bicyclic) bond motifs is 1. The first kappa shape index (κ1) is 22.8. The Morgan fingerprint density at radius 2 is 1.94 bits per heavy atom. The molecule has 0 saturated carbocycles. The number of benzene rings is 2. The van der Waals surface area contributed by atoms with Crippen LogP contribution in [0, 0.1) is 5.92 Å². The number of para-hydroxylation sites is 1. The maximum absolute atomic E-state index is 13.2. The van der Waals surface area contributed by atoms with Crippen molar-refractivity contribution in [1.29, 1.82) is 0 Å². The van der Waals surface area contributed by atoms with Crippen molar-refractivity contribution in [2.75, 3.05) is 19.7 Å². The Labute approximate surface area is 194 Å². The Bertz CT molecular complexity index is 1090. The molecule has 7 heteroatoms. The van der Waals surface area contributed by atoms with E-state index in [1.165, 1.54) is 10.9 Å². The first-order chi connectivity index (χ1) is 15.9.